The second kappa shape index (κ2) is 6.02. The van der Waals surface area contributed by atoms with E-state index in [9.17, 15) is 9.59 Å². The van der Waals surface area contributed by atoms with Crippen LogP contribution in [0.4, 0.5) is 0 Å². The third-order valence-electron chi connectivity index (χ3n) is 3.05. The van der Waals surface area contributed by atoms with E-state index < -0.39 is 0 Å². The number of nitrogens with zero attached hydrogens (tertiary/aromatic N) is 4. The predicted molar refractivity (Wildman–Crippen MR) is 82.5 cm³/mol. The normalized spacial score (nSPS) is 10.8. The van der Waals surface area contributed by atoms with E-state index in [1.54, 1.807) is 30.5 Å². The topological polar surface area (TPSA) is 89.8 Å². The average molecular weight is 315 g/mol. The molecule has 0 atom stereocenters. The summed E-state index contributed by atoms with van der Waals surface area (Å²) in [5.41, 5.74) is 0.193. The lowest BCUT2D eigenvalue weighted by Gasteiger charge is -2.05. The molecular formula is C14H13N5O2S. The number of benzene rings is 1. The van der Waals surface area contributed by atoms with Crippen molar-refractivity contribution in [2.45, 2.75) is 20.0 Å². The second-order valence-corrected chi connectivity index (χ2v) is 6.01. The van der Waals surface area contributed by atoms with Gasteiger partial charge in [-0.15, -0.1) is 16.4 Å². The van der Waals surface area contributed by atoms with Crippen molar-refractivity contribution in [3.63, 3.8) is 0 Å². The van der Waals surface area contributed by atoms with Crippen molar-refractivity contribution >= 4 is 28.1 Å². The minimum atomic E-state index is -0.325. The molecule has 8 heteroatoms. The van der Waals surface area contributed by atoms with Gasteiger partial charge in [-0.25, -0.2) is 9.67 Å². The number of aryl methyl sites for hydroxylation is 1. The van der Waals surface area contributed by atoms with E-state index >= 15 is 0 Å². The number of hydrogen-bond acceptors (Lipinski definition) is 6. The maximum Gasteiger partial charge on any atom is 0.278 e. The molecule has 7 nitrogen and oxygen atoms in total. The summed E-state index contributed by atoms with van der Waals surface area (Å²) in [4.78, 5) is 29.2. The van der Waals surface area contributed by atoms with Gasteiger partial charge in [0.25, 0.3) is 5.56 Å². The van der Waals surface area contributed by atoms with Gasteiger partial charge in [0.05, 0.1) is 16.9 Å². The number of rotatable bonds is 4. The zero-order chi connectivity index (χ0) is 15.5. The number of aromatic nitrogens is 4. The molecule has 2 aromatic heterocycles. The van der Waals surface area contributed by atoms with Crippen LogP contribution in [0.2, 0.25) is 0 Å². The summed E-state index contributed by atoms with van der Waals surface area (Å²) in [5.74, 6) is -0.294. The van der Waals surface area contributed by atoms with Crippen molar-refractivity contribution in [1.82, 2.24) is 25.3 Å². The highest BCUT2D eigenvalue weighted by Gasteiger charge is 2.09. The Morgan fingerprint density at radius 3 is 2.95 bits per heavy atom. The minimum Gasteiger partial charge on any atom is -0.350 e. The van der Waals surface area contributed by atoms with E-state index in [-0.39, 0.29) is 18.0 Å². The Hall–Kier alpha value is -2.61. The van der Waals surface area contributed by atoms with Crippen molar-refractivity contribution in [3.05, 3.63) is 50.7 Å². The molecule has 0 spiro atoms. The van der Waals surface area contributed by atoms with Gasteiger partial charge in [0.1, 0.15) is 12.1 Å². The molecule has 3 rings (SSSR count). The highest BCUT2D eigenvalue weighted by molar-refractivity contribution is 7.11. The lowest BCUT2D eigenvalue weighted by molar-refractivity contribution is -0.122. The summed E-state index contributed by atoms with van der Waals surface area (Å²) in [6.07, 6.45) is 1.72. The molecule has 3 aromatic rings. The van der Waals surface area contributed by atoms with Gasteiger partial charge in [0, 0.05) is 11.1 Å². The van der Waals surface area contributed by atoms with Gasteiger partial charge in [0.15, 0.2) is 0 Å². The first kappa shape index (κ1) is 14.3. The van der Waals surface area contributed by atoms with E-state index in [0.717, 1.165) is 14.6 Å². The Morgan fingerprint density at radius 1 is 1.36 bits per heavy atom. The smallest absolute Gasteiger partial charge is 0.278 e. The van der Waals surface area contributed by atoms with E-state index in [0.29, 0.717) is 17.4 Å². The maximum absolute atomic E-state index is 12.2. The molecule has 1 N–H and O–H groups in total. The standard InChI is InChI=1S/C14H13N5O2S/c1-9-15-6-10(22-9)7-16-13(20)8-19-14(21)11-4-2-3-5-12(11)17-18-19/h2-6H,7-8H2,1H3,(H,16,20). The lowest BCUT2D eigenvalue weighted by atomic mass is 10.2. The maximum atomic E-state index is 12.2. The Labute approximate surface area is 129 Å². The zero-order valence-corrected chi connectivity index (χ0v) is 12.6. The van der Waals surface area contributed by atoms with Crippen LogP contribution in [0.25, 0.3) is 10.9 Å². The summed E-state index contributed by atoms with van der Waals surface area (Å²) in [7, 11) is 0. The van der Waals surface area contributed by atoms with Crippen molar-refractivity contribution in [2.24, 2.45) is 0 Å². The Balaban J connectivity index is 1.71. The highest BCUT2D eigenvalue weighted by atomic mass is 32.1. The monoisotopic (exact) mass is 315 g/mol. The van der Waals surface area contributed by atoms with Crippen LogP contribution in [-0.4, -0.2) is 25.9 Å². The summed E-state index contributed by atoms with van der Waals surface area (Å²) < 4.78 is 1.07. The van der Waals surface area contributed by atoms with E-state index in [4.69, 9.17) is 0 Å². The summed E-state index contributed by atoms with van der Waals surface area (Å²) >= 11 is 1.52. The number of hydrogen-bond donors (Lipinski definition) is 1. The lowest BCUT2D eigenvalue weighted by Crippen LogP contribution is -2.33. The van der Waals surface area contributed by atoms with Gasteiger partial charge in [-0.2, -0.15) is 0 Å². The zero-order valence-electron chi connectivity index (χ0n) is 11.8. The van der Waals surface area contributed by atoms with Crippen LogP contribution in [0.1, 0.15) is 9.88 Å². The minimum absolute atomic E-state index is 0.158. The van der Waals surface area contributed by atoms with Crippen molar-refractivity contribution in [2.75, 3.05) is 0 Å². The number of thiazole rings is 1. The van der Waals surface area contributed by atoms with Crippen LogP contribution in [-0.2, 0) is 17.9 Å². The molecule has 22 heavy (non-hydrogen) atoms. The molecular weight excluding hydrogens is 302 g/mol. The highest BCUT2D eigenvalue weighted by Crippen LogP contribution is 2.10. The molecule has 1 aromatic carbocycles. The molecule has 0 fully saturated rings. The Morgan fingerprint density at radius 2 is 2.18 bits per heavy atom. The third kappa shape index (κ3) is 3.01. The van der Waals surface area contributed by atoms with E-state index in [2.05, 4.69) is 20.6 Å². The van der Waals surface area contributed by atoms with Crippen molar-refractivity contribution < 1.29 is 4.79 Å². The molecule has 2 heterocycles. The fourth-order valence-corrected chi connectivity index (χ4v) is 2.73. The summed E-state index contributed by atoms with van der Waals surface area (Å²) in [5, 5.41) is 11.9. The number of amides is 1. The number of fused-ring (bicyclic) bond motifs is 1. The van der Waals surface area contributed by atoms with Gasteiger partial charge in [-0.05, 0) is 19.1 Å². The summed E-state index contributed by atoms with van der Waals surface area (Å²) in [6.45, 7) is 2.13. The van der Waals surface area contributed by atoms with Gasteiger partial charge in [0.2, 0.25) is 5.91 Å². The van der Waals surface area contributed by atoms with Crippen LogP contribution in [0, 0.1) is 6.92 Å². The number of nitrogens with one attached hydrogen (secondary N) is 1. The quantitative estimate of drug-likeness (QED) is 0.771. The molecule has 0 radical (unpaired) electrons. The molecule has 0 saturated carbocycles. The third-order valence-corrected chi connectivity index (χ3v) is 3.96. The van der Waals surface area contributed by atoms with Gasteiger partial charge < -0.3 is 5.32 Å². The molecule has 0 aliphatic heterocycles. The average Bonchev–Trinajstić information content (AvgIpc) is 2.94. The van der Waals surface area contributed by atoms with Crippen molar-refractivity contribution in [1.29, 1.82) is 0 Å². The molecule has 0 bridgehead atoms. The first-order chi connectivity index (χ1) is 10.6. The van der Waals surface area contributed by atoms with E-state index in [1.807, 2.05) is 6.92 Å². The molecule has 0 unspecified atom stereocenters. The first-order valence-electron chi connectivity index (χ1n) is 6.64. The fraction of sp³-hybridized carbons (Fsp3) is 0.214. The van der Waals surface area contributed by atoms with Crippen LogP contribution >= 0.6 is 11.3 Å². The van der Waals surface area contributed by atoms with Crippen molar-refractivity contribution in [3.8, 4) is 0 Å². The largest absolute Gasteiger partial charge is 0.350 e. The van der Waals surface area contributed by atoms with Gasteiger partial charge in [-0.1, -0.05) is 17.3 Å². The first-order valence-corrected chi connectivity index (χ1v) is 7.45. The molecule has 0 aliphatic carbocycles. The van der Waals surface area contributed by atoms with E-state index in [1.165, 1.54) is 11.3 Å². The van der Waals surface area contributed by atoms with Gasteiger partial charge >= 0.3 is 0 Å². The second-order valence-electron chi connectivity index (χ2n) is 4.69. The van der Waals surface area contributed by atoms with Crippen LogP contribution < -0.4 is 10.9 Å². The SMILES string of the molecule is Cc1ncc(CNC(=O)Cn2nnc3ccccc3c2=O)s1. The van der Waals surface area contributed by atoms with Gasteiger partial charge in [-0.3, -0.25) is 9.59 Å². The van der Waals surface area contributed by atoms with Crippen LogP contribution in [0.5, 0.6) is 0 Å². The molecule has 0 saturated heterocycles. The Bertz CT molecular complexity index is 886. The molecule has 0 aliphatic rings. The summed E-state index contributed by atoms with van der Waals surface area (Å²) in [6, 6.07) is 6.91. The van der Waals surface area contributed by atoms with Crippen LogP contribution in [0.15, 0.2) is 35.3 Å². The number of carbonyl (C=O) groups excluding carboxylic acids is 1. The predicted octanol–water partition coefficient (Wildman–Crippen LogP) is 0.873. The van der Waals surface area contributed by atoms with Crippen LogP contribution in [0.3, 0.4) is 0 Å². The number of carbonyl (C=O) groups is 1. The Kier molecular flexibility index (Phi) is 3.92. The fourth-order valence-electron chi connectivity index (χ4n) is 1.99. The molecule has 1 amide bonds. The molecule has 112 valence electrons.